The van der Waals surface area contributed by atoms with Crippen LogP contribution < -0.4 is 15.4 Å². The van der Waals surface area contributed by atoms with Crippen LogP contribution in [0.15, 0.2) is 30.6 Å². The molecule has 110 valence electrons. The Bertz CT molecular complexity index is 644. The number of anilines is 3. The van der Waals surface area contributed by atoms with Gasteiger partial charge in [-0.3, -0.25) is 0 Å². The van der Waals surface area contributed by atoms with Gasteiger partial charge in [0, 0.05) is 12.2 Å². The highest BCUT2D eigenvalue weighted by atomic mass is 16.5. The summed E-state index contributed by atoms with van der Waals surface area (Å²) in [7, 11) is 0. The number of nitrogen functional groups attached to an aromatic ring is 1. The minimum absolute atomic E-state index is 0.457. The Hall–Kier alpha value is -2.30. The van der Waals surface area contributed by atoms with E-state index >= 15 is 0 Å². The average molecular weight is 284 g/mol. The predicted octanol–water partition coefficient (Wildman–Crippen LogP) is 2.79. The van der Waals surface area contributed by atoms with Gasteiger partial charge in [0.1, 0.15) is 12.0 Å². The lowest BCUT2D eigenvalue weighted by Crippen LogP contribution is -2.31. The van der Waals surface area contributed by atoms with Gasteiger partial charge in [-0.25, -0.2) is 4.98 Å². The molecule has 2 aromatic rings. The summed E-state index contributed by atoms with van der Waals surface area (Å²) in [6, 6.07) is 8.40. The number of hydrogen-bond donors (Lipinski definition) is 1. The summed E-state index contributed by atoms with van der Waals surface area (Å²) in [5, 5.41) is 0. The van der Waals surface area contributed by atoms with Crippen LogP contribution >= 0.6 is 0 Å². The SMILES string of the molecule is CCOc1ncnc(N2CC(C)Cc3ccccc32)c1N. The highest BCUT2D eigenvalue weighted by molar-refractivity contribution is 5.76. The average Bonchev–Trinajstić information content (AvgIpc) is 2.49. The van der Waals surface area contributed by atoms with Crippen molar-refractivity contribution in [3.05, 3.63) is 36.2 Å². The first-order valence-corrected chi connectivity index (χ1v) is 7.29. The molecule has 0 radical (unpaired) electrons. The topological polar surface area (TPSA) is 64.3 Å². The zero-order chi connectivity index (χ0) is 14.8. The fourth-order valence-electron chi connectivity index (χ4n) is 2.83. The first-order valence-electron chi connectivity index (χ1n) is 7.29. The number of nitrogens with two attached hydrogens (primary N) is 1. The zero-order valence-electron chi connectivity index (χ0n) is 12.4. The minimum Gasteiger partial charge on any atom is -0.476 e. The van der Waals surface area contributed by atoms with Gasteiger partial charge in [-0.05, 0) is 30.9 Å². The van der Waals surface area contributed by atoms with Gasteiger partial charge in [-0.2, -0.15) is 4.98 Å². The summed E-state index contributed by atoms with van der Waals surface area (Å²) in [4.78, 5) is 10.7. The molecule has 0 saturated carbocycles. The molecule has 1 aromatic heterocycles. The molecular weight excluding hydrogens is 264 g/mol. The molecule has 5 nitrogen and oxygen atoms in total. The largest absolute Gasteiger partial charge is 0.476 e. The third kappa shape index (κ3) is 2.51. The lowest BCUT2D eigenvalue weighted by atomic mass is 9.94. The van der Waals surface area contributed by atoms with Crippen molar-refractivity contribution in [2.45, 2.75) is 20.3 Å². The third-order valence-corrected chi connectivity index (χ3v) is 3.71. The highest BCUT2D eigenvalue weighted by Crippen LogP contribution is 2.38. The number of nitrogens with zero attached hydrogens (tertiary/aromatic N) is 3. The van der Waals surface area contributed by atoms with E-state index in [1.54, 1.807) is 0 Å². The summed E-state index contributed by atoms with van der Waals surface area (Å²) in [6.07, 6.45) is 2.59. The molecular formula is C16H20N4O. The van der Waals surface area contributed by atoms with Gasteiger partial charge in [0.05, 0.1) is 6.61 Å². The maximum Gasteiger partial charge on any atom is 0.242 e. The number of para-hydroxylation sites is 1. The van der Waals surface area contributed by atoms with E-state index in [1.165, 1.54) is 17.6 Å². The van der Waals surface area contributed by atoms with E-state index in [2.05, 4.69) is 40.0 Å². The van der Waals surface area contributed by atoms with Gasteiger partial charge in [0.25, 0.3) is 0 Å². The van der Waals surface area contributed by atoms with Crippen molar-refractivity contribution in [3.8, 4) is 5.88 Å². The molecule has 2 N–H and O–H groups in total. The molecule has 0 amide bonds. The van der Waals surface area contributed by atoms with Gasteiger partial charge in [0.2, 0.25) is 5.88 Å². The van der Waals surface area contributed by atoms with E-state index in [1.807, 2.05) is 13.0 Å². The van der Waals surface area contributed by atoms with Crippen molar-refractivity contribution in [2.75, 3.05) is 23.8 Å². The molecule has 1 unspecified atom stereocenters. The van der Waals surface area contributed by atoms with Gasteiger partial charge < -0.3 is 15.4 Å². The molecule has 0 spiro atoms. The van der Waals surface area contributed by atoms with Crippen molar-refractivity contribution in [1.82, 2.24) is 9.97 Å². The van der Waals surface area contributed by atoms with Crippen LogP contribution in [-0.2, 0) is 6.42 Å². The van der Waals surface area contributed by atoms with Crippen LogP contribution in [0.25, 0.3) is 0 Å². The molecule has 2 heterocycles. The monoisotopic (exact) mass is 284 g/mol. The molecule has 0 saturated heterocycles. The minimum atomic E-state index is 0.457. The summed E-state index contributed by atoms with van der Waals surface area (Å²) in [6.45, 7) is 5.58. The molecule has 1 aliphatic heterocycles. The Kier molecular flexibility index (Phi) is 3.64. The summed E-state index contributed by atoms with van der Waals surface area (Å²) in [5.41, 5.74) is 9.21. The van der Waals surface area contributed by atoms with E-state index in [0.717, 1.165) is 18.8 Å². The molecule has 0 aliphatic carbocycles. The maximum atomic E-state index is 6.21. The van der Waals surface area contributed by atoms with Crippen molar-refractivity contribution >= 4 is 17.2 Å². The lowest BCUT2D eigenvalue weighted by Gasteiger charge is -2.34. The number of ether oxygens (including phenoxy) is 1. The van der Waals surface area contributed by atoms with E-state index in [9.17, 15) is 0 Å². The Labute approximate surface area is 124 Å². The second-order valence-electron chi connectivity index (χ2n) is 5.40. The summed E-state index contributed by atoms with van der Waals surface area (Å²) in [5.74, 6) is 1.73. The Morgan fingerprint density at radius 3 is 2.95 bits per heavy atom. The van der Waals surface area contributed by atoms with Crippen LogP contribution in [0.5, 0.6) is 5.88 Å². The first-order chi connectivity index (χ1) is 10.2. The lowest BCUT2D eigenvalue weighted by molar-refractivity contribution is 0.328. The molecule has 1 aromatic carbocycles. The van der Waals surface area contributed by atoms with Gasteiger partial charge in [0.15, 0.2) is 5.82 Å². The molecule has 21 heavy (non-hydrogen) atoms. The number of benzene rings is 1. The molecule has 1 atom stereocenters. The van der Waals surface area contributed by atoms with Crippen LogP contribution in [0.1, 0.15) is 19.4 Å². The normalized spacial score (nSPS) is 17.4. The van der Waals surface area contributed by atoms with Crippen molar-refractivity contribution in [1.29, 1.82) is 0 Å². The number of fused-ring (bicyclic) bond motifs is 1. The van der Waals surface area contributed by atoms with Gasteiger partial charge >= 0.3 is 0 Å². The van der Waals surface area contributed by atoms with Crippen LogP contribution in [0.4, 0.5) is 17.2 Å². The van der Waals surface area contributed by atoms with Gasteiger partial charge in [-0.1, -0.05) is 25.1 Å². The zero-order valence-corrected chi connectivity index (χ0v) is 12.4. The van der Waals surface area contributed by atoms with Crippen LogP contribution in [0.3, 0.4) is 0 Å². The van der Waals surface area contributed by atoms with E-state index in [4.69, 9.17) is 10.5 Å². The molecule has 5 heteroatoms. The third-order valence-electron chi connectivity index (χ3n) is 3.71. The Balaban J connectivity index is 2.07. The summed E-state index contributed by atoms with van der Waals surface area (Å²) >= 11 is 0. The predicted molar refractivity (Wildman–Crippen MR) is 83.9 cm³/mol. The highest BCUT2D eigenvalue weighted by Gasteiger charge is 2.26. The molecule has 0 fully saturated rings. The second-order valence-corrected chi connectivity index (χ2v) is 5.40. The first kappa shape index (κ1) is 13.7. The van der Waals surface area contributed by atoms with Crippen LogP contribution in [0.2, 0.25) is 0 Å². The van der Waals surface area contributed by atoms with Crippen molar-refractivity contribution < 1.29 is 4.74 Å². The van der Waals surface area contributed by atoms with E-state index in [0.29, 0.717) is 24.1 Å². The van der Waals surface area contributed by atoms with Crippen LogP contribution in [0, 0.1) is 5.92 Å². The van der Waals surface area contributed by atoms with Crippen LogP contribution in [-0.4, -0.2) is 23.1 Å². The Morgan fingerprint density at radius 1 is 1.33 bits per heavy atom. The van der Waals surface area contributed by atoms with E-state index < -0.39 is 0 Å². The maximum absolute atomic E-state index is 6.21. The van der Waals surface area contributed by atoms with Crippen molar-refractivity contribution in [3.63, 3.8) is 0 Å². The quantitative estimate of drug-likeness (QED) is 0.939. The fourth-order valence-corrected chi connectivity index (χ4v) is 2.83. The van der Waals surface area contributed by atoms with E-state index in [-0.39, 0.29) is 0 Å². The molecule has 0 bridgehead atoms. The smallest absolute Gasteiger partial charge is 0.242 e. The van der Waals surface area contributed by atoms with Gasteiger partial charge in [-0.15, -0.1) is 0 Å². The number of rotatable bonds is 3. The standard InChI is InChI=1S/C16H20N4O/c1-3-21-16-14(17)15(18-10-19-16)20-9-11(2)8-12-6-4-5-7-13(12)20/h4-7,10-11H,3,8-9,17H2,1-2H3. The van der Waals surface area contributed by atoms with Crippen molar-refractivity contribution in [2.24, 2.45) is 5.92 Å². The Morgan fingerprint density at radius 2 is 2.14 bits per heavy atom. The summed E-state index contributed by atoms with van der Waals surface area (Å²) < 4.78 is 5.48. The molecule has 3 rings (SSSR count). The number of hydrogen-bond acceptors (Lipinski definition) is 5. The second kappa shape index (κ2) is 5.60. The fraction of sp³-hybridized carbons (Fsp3) is 0.375. The number of aromatic nitrogens is 2. The molecule has 1 aliphatic rings.